The van der Waals surface area contributed by atoms with E-state index in [9.17, 15) is 0 Å². The van der Waals surface area contributed by atoms with E-state index in [-0.39, 0.29) is 0 Å². The van der Waals surface area contributed by atoms with Crippen molar-refractivity contribution in [2.75, 3.05) is 5.32 Å². The van der Waals surface area contributed by atoms with Gasteiger partial charge in [-0.3, -0.25) is 0 Å². The molecular weight excluding hydrogens is 208 g/mol. The number of nitrogens with zero attached hydrogens (tertiary/aromatic N) is 1. The predicted molar refractivity (Wildman–Crippen MR) is 66.4 cm³/mol. The molecule has 3 fully saturated rings. The van der Waals surface area contributed by atoms with Gasteiger partial charge in [-0.15, -0.1) is 0 Å². The molecule has 0 spiro atoms. The van der Waals surface area contributed by atoms with E-state index in [2.05, 4.69) is 11.4 Å². The molecule has 3 aliphatic rings. The van der Waals surface area contributed by atoms with Gasteiger partial charge in [0.15, 0.2) is 0 Å². The molecule has 17 heavy (non-hydrogen) atoms. The summed E-state index contributed by atoms with van der Waals surface area (Å²) < 4.78 is 0. The summed E-state index contributed by atoms with van der Waals surface area (Å²) in [5.74, 6) is 3.80. The van der Waals surface area contributed by atoms with Crippen LogP contribution in [0.4, 0.5) is 5.69 Å². The molecule has 4 unspecified atom stereocenters. The number of hydrogen-bond acceptors (Lipinski definition) is 2. The molecule has 0 radical (unpaired) electrons. The first-order valence-corrected chi connectivity index (χ1v) is 6.64. The number of anilines is 1. The number of benzene rings is 1. The molecule has 1 N–H and O–H groups in total. The highest BCUT2D eigenvalue weighted by Crippen LogP contribution is 2.66. The molecule has 3 aliphatic carbocycles. The zero-order valence-electron chi connectivity index (χ0n) is 9.76. The van der Waals surface area contributed by atoms with Gasteiger partial charge >= 0.3 is 0 Å². The summed E-state index contributed by atoms with van der Waals surface area (Å²) in [7, 11) is 0. The van der Waals surface area contributed by atoms with Gasteiger partial charge in [-0.25, -0.2) is 0 Å². The van der Waals surface area contributed by atoms with Crippen molar-refractivity contribution in [3.63, 3.8) is 0 Å². The first kappa shape index (κ1) is 9.53. The number of nitriles is 1. The van der Waals surface area contributed by atoms with E-state index in [1.165, 1.54) is 19.3 Å². The highest BCUT2D eigenvalue weighted by atomic mass is 15.0. The monoisotopic (exact) mass is 224 g/mol. The van der Waals surface area contributed by atoms with Crippen molar-refractivity contribution in [2.45, 2.75) is 25.3 Å². The van der Waals surface area contributed by atoms with Gasteiger partial charge in [0.05, 0.1) is 11.3 Å². The molecule has 0 saturated heterocycles. The molecule has 2 heteroatoms. The van der Waals surface area contributed by atoms with E-state index >= 15 is 0 Å². The zero-order valence-corrected chi connectivity index (χ0v) is 9.76. The molecule has 4 atom stereocenters. The molecule has 4 rings (SSSR count). The standard InChI is InChI=1S/C15H16N2/c16-8-11-3-1-2-4-12(11)17-15-13-9-5-6-10(7-9)14(13)15/h1-4,9-10,13-15,17H,5-7H2. The Hall–Kier alpha value is -1.49. The van der Waals surface area contributed by atoms with Gasteiger partial charge in [0.1, 0.15) is 6.07 Å². The van der Waals surface area contributed by atoms with Crippen LogP contribution in [0.15, 0.2) is 24.3 Å². The van der Waals surface area contributed by atoms with Crippen LogP contribution in [0.1, 0.15) is 24.8 Å². The normalized spacial score (nSPS) is 40.8. The summed E-state index contributed by atoms with van der Waals surface area (Å²) in [6.07, 6.45) is 4.38. The molecular formula is C15H16N2. The van der Waals surface area contributed by atoms with Gasteiger partial charge < -0.3 is 5.32 Å². The number of rotatable bonds is 2. The topological polar surface area (TPSA) is 35.8 Å². The summed E-state index contributed by atoms with van der Waals surface area (Å²) in [5, 5.41) is 12.7. The summed E-state index contributed by atoms with van der Waals surface area (Å²) in [6.45, 7) is 0. The summed E-state index contributed by atoms with van der Waals surface area (Å²) in [5.41, 5.74) is 1.82. The third-order valence-corrected chi connectivity index (χ3v) is 5.11. The number of para-hydroxylation sites is 1. The summed E-state index contributed by atoms with van der Waals surface area (Å²) >= 11 is 0. The summed E-state index contributed by atoms with van der Waals surface area (Å²) in [6, 6.07) is 10.8. The van der Waals surface area contributed by atoms with Crippen molar-refractivity contribution in [1.82, 2.24) is 0 Å². The van der Waals surface area contributed by atoms with Crippen molar-refractivity contribution in [2.24, 2.45) is 23.7 Å². The van der Waals surface area contributed by atoms with Crippen LogP contribution in [0, 0.1) is 35.0 Å². The minimum absolute atomic E-state index is 0.663. The summed E-state index contributed by atoms with van der Waals surface area (Å²) in [4.78, 5) is 0. The van der Waals surface area contributed by atoms with Crippen LogP contribution >= 0.6 is 0 Å². The second-order valence-corrected chi connectivity index (χ2v) is 5.82. The van der Waals surface area contributed by atoms with E-state index in [0.717, 1.165) is 34.9 Å². The van der Waals surface area contributed by atoms with E-state index in [1.54, 1.807) is 0 Å². The molecule has 0 heterocycles. The molecule has 0 aliphatic heterocycles. The average molecular weight is 224 g/mol. The quantitative estimate of drug-likeness (QED) is 0.838. The first-order valence-electron chi connectivity index (χ1n) is 6.64. The minimum atomic E-state index is 0.663. The smallest absolute Gasteiger partial charge is 0.101 e. The Kier molecular flexibility index (Phi) is 1.83. The Morgan fingerprint density at radius 2 is 1.82 bits per heavy atom. The predicted octanol–water partition coefficient (Wildman–Crippen LogP) is 3.01. The van der Waals surface area contributed by atoms with Crippen LogP contribution in [-0.4, -0.2) is 6.04 Å². The Balaban J connectivity index is 1.55. The van der Waals surface area contributed by atoms with Gasteiger partial charge in [-0.2, -0.15) is 5.26 Å². The van der Waals surface area contributed by atoms with Gasteiger partial charge in [0, 0.05) is 6.04 Å². The van der Waals surface area contributed by atoms with E-state index < -0.39 is 0 Å². The van der Waals surface area contributed by atoms with E-state index in [4.69, 9.17) is 5.26 Å². The highest BCUT2D eigenvalue weighted by molar-refractivity contribution is 5.59. The number of hydrogen-bond donors (Lipinski definition) is 1. The van der Waals surface area contributed by atoms with Crippen molar-refractivity contribution >= 4 is 5.69 Å². The lowest BCUT2D eigenvalue weighted by molar-refractivity contribution is 0.456. The average Bonchev–Trinajstić information content (AvgIpc) is 2.77. The van der Waals surface area contributed by atoms with E-state index in [1.807, 2.05) is 24.3 Å². The lowest BCUT2D eigenvalue weighted by atomic mass is 10.0. The van der Waals surface area contributed by atoms with Crippen LogP contribution < -0.4 is 5.32 Å². The number of nitrogens with one attached hydrogen (secondary N) is 1. The number of fused-ring (bicyclic) bond motifs is 5. The SMILES string of the molecule is N#Cc1ccccc1NC1C2C3CCC(C3)C12. The van der Waals surface area contributed by atoms with Crippen molar-refractivity contribution in [3.8, 4) is 6.07 Å². The van der Waals surface area contributed by atoms with Crippen LogP contribution in [0.25, 0.3) is 0 Å². The Labute approximate surface area is 102 Å². The lowest BCUT2D eigenvalue weighted by Crippen LogP contribution is -2.13. The fourth-order valence-electron chi connectivity index (χ4n) is 4.40. The minimum Gasteiger partial charge on any atom is -0.381 e. The van der Waals surface area contributed by atoms with Crippen molar-refractivity contribution in [1.29, 1.82) is 5.26 Å². The van der Waals surface area contributed by atoms with Crippen LogP contribution in [0.2, 0.25) is 0 Å². The molecule has 2 nitrogen and oxygen atoms in total. The fourth-order valence-corrected chi connectivity index (χ4v) is 4.40. The van der Waals surface area contributed by atoms with Gasteiger partial charge in [-0.05, 0) is 55.1 Å². The highest BCUT2D eigenvalue weighted by Gasteiger charge is 2.65. The lowest BCUT2D eigenvalue weighted by Gasteiger charge is -2.12. The van der Waals surface area contributed by atoms with Crippen LogP contribution in [-0.2, 0) is 0 Å². The van der Waals surface area contributed by atoms with Crippen molar-refractivity contribution in [3.05, 3.63) is 29.8 Å². The van der Waals surface area contributed by atoms with Crippen LogP contribution in [0.3, 0.4) is 0 Å². The third-order valence-electron chi connectivity index (χ3n) is 5.11. The molecule has 1 aromatic carbocycles. The Bertz CT molecular complexity index is 486. The second kappa shape index (κ2) is 3.26. The molecule has 1 aromatic rings. The maximum absolute atomic E-state index is 9.08. The maximum Gasteiger partial charge on any atom is 0.101 e. The molecule has 86 valence electrons. The zero-order chi connectivity index (χ0) is 11.4. The van der Waals surface area contributed by atoms with Gasteiger partial charge in [-0.1, -0.05) is 12.1 Å². The second-order valence-electron chi connectivity index (χ2n) is 5.82. The molecule has 0 aromatic heterocycles. The fraction of sp³-hybridized carbons (Fsp3) is 0.533. The van der Waals surface area contributed by atoms with Crippen molar-refractivity contribution < 1.29 is 0 Å². The largest absolute Gasteiger partial charge is 0.381 e. The Morgan fingerprint density at radius 3 is 2.53 bits per heavy atom. The van der Waals surface area contributed by atoms with Crippen LogP contribution in [0.5, 0.6) is 0 Å². The van der Waals surface area contributed by atoms with E-state index in [0.29, 0.717) is 6.04 Å². The Morgan fingerprint density at radius 1 is 1.12 bits per heavy atom. The maximum atomic E-state index is 9.08. The molecule has 0 amide bonds. The third kappa shape index (κ3) is 1.26. The molecule has 2 bridgehead atoms. The van der Waals surface area contributed by atoms with Gasteiger partial charge in [0.25, 0.3) is 0 Å². The van der Waals surface area contributed by atoms with Gasteiger partial charge in [0.2, 0.25) is 0 Å². The molecule has 3 saturated carbocycles. The first-order chi connectivity index (χ1) is 8.38.